The third-order valence-electron chi connectivity index (χ3n) is 3.79. The molecule has 26 heavy (non-hydrogen) atoms. The van der Waals surface area contributed by atoms with Crippen LogP contribution in [0.4, 0.5) is 16.4 Å². The summed E-state index contributed by atoms with van der Waals surface area (Å²) in [6.45, 7) is 0.310. The maximum atomic E-state index is 11.7. The van der Waals surface area contributed by atoms with Gasteiger partial charge in [0.25, 0.3) is 5.91 Å². The molecule has 1 aliphatic heterocycles. The third-order valence-corrected chi connectivity index (χ3v) is 4.23. The Balaban J connectivity index is 1.92. The lowest BCUT2D eigenvalue weighted by molar-refractivity contribution is -0.118. The zero-order valence-electron chi connectivity index (χ0n) is 13.9. The fourth-order valence-electron chi connectivity index (χ4n) is 2.62. The van der Waals surface area contributed by atoms with Crippen molar-refractivity contribution < 1.29 is 19.4 Å². The molecule has 2 aromatic heterocycles. The maximum absolute atomic E-state index is 11.7. The van der Waals surface area contributed by atoms with Crippen molar-refractivity contribution in [1.82, 2.24) is 20.3 Å². The summed E-state index contributed by atoms with van der Waals surface area (Å²) < 4.78 is 6.00. The summed E-state index contributed by atoms with van der Waals surface area (Å²) in [6, 6.07) is 1.73. The number of ether oxygens (including phenoxy) is 1. The van der Waals surface area contributed by atoms with Gasteiger partial charge in [-0.25, -0.2) is 19.7 Å². The number of aromatic nitrogens is 3. The van der Waals surface area contributed by atoms with Gasteiger partial charge in [0.05, 0.1) is 6.54 Å². The number of fused-ring (bicyclic) bond motifs is 1. The molecule has 2 amide bonds. The minimum Gasteiger partial charge on any atom is -0.444 e. The molecule has 0 aliphatic carbocycles. The summed E-state index contributed by atoms with van der Waals surface area (Å²) in [7, 11) is 1.50. The van der Waals surface area contributed by atoms with Crippen LogP contribution in [0, 0.1) is 0 Å². The third kappa shape index (κ3) is 3.99. The molecule has 0 aromatic carbocycles. The van der Waals surface area contributed by atoms with Crippen molar-refractivity contribution in [2.75, 3.05) is 37.0 Å². The van der Waals surface area contributed by atoms with Crippen LogP contribution in [-0.2, 0) is 9.53 Å². The van der Waals surface area contributed by atoms with Crippen molar-refractivity contribution in [1.29, 1.82) is 0 Å². The summed E-state index contributed by atoms with van der Waals surface area (Å²) in [5.41, 5.74) is 0.912. The number of alkyl carbamates (subject to hydrolysis) is 1. The van der Waals surface area contributed by atoms with E-state index in [4.69, 9.17) is 9.84 Å². The number of rotatable bonds is 4. The molecule has 0 spiro atoms. The van der Waals surface area contributed by atoms with E-state index < -0.39 is 18.6 Å². The van der Waals surface area contributed by atoms with Gasteiger partial charge in [-0.1, -0.05) is 0 Å². The number of amides is 2. The van der Waals surface area contributed by atoms with Crippen molar-refractivity contribution in [3.63, 3.8) is 0 Å². The first kappa shape index (κ1) is 18.3. The number of hydrogen-bond acceptors (Lipinski definition) is 8. The highest BCUT2D eigenvalue weighted by atomic mass is 79.9. The Kier molecular flexibility index (Phi) is 5.47. The van der Waals surface area contributed by atoms with E-state index in [1.54, 1.807) is 12.3 Å². The zero-order valence-corrected chi connectivity index (χ0v) is 15.5. The molecule has 1 aliphatic rings. The van der Waals surface area contributed by atoms with Crippen LogP contribution in [0.2, 0.25) is 0 Å². The molecule has 0 bridgehead atoms. The molecule has 3 heterocycles. The molecule has 1 atom stereocenters. The fraction of sp³-hybridized carbons (Fsp3) is 0.400. The standard InChI is InChI=1S/C15H17BrN6O4/c1-17-15(25)26-9-2-3-22(6-9)14-13(20-11(24)7-23)19-10-4-8(16)5-18-12(10)21-14/h4-5,9,23H,2-3,6-7H2,1H3,(H,17,25)(H,19,20,24)/t9-/m0/s1. The van der Waals surface area contributed by atoms with Crippen LogP contribution in [-0.4, -0.2) is 64.9 Å². The number of hydrogen-bond donors (Lipinski definition) is 3. The Morgan fingerprint density at radius 2 is 2.27 bits per heavy atom. The van der Waals surface area contributed by atoms with E-state index in [1.165, 1.54) is 7.05 Å². The smallest absolute Gasteiger partial charge is 0.407 e. The normalized spacial score (nSPS) is 16.6. The maximum Gasteiger partial charge on any atom is 0.407 e. The average Bonchev–Trinajstić information content (AvgIpc) is 3.08. The Labute approximate surface area is 157 Å². The summed E-state index contributed by atoms with van der Waals surface area (Å²) in [5, 5.41) is 14.0. The quantitative estimate of drug-likeness (QED) is 0.652. The lowest BCUT2D eigenvalue weighted by atomic mass is 10.3. The van der Waals surface area contributed by atoms with Crippen molar-refractivity contribution in [2.24, 2.45) is 0 Å². The van der Waals surface area contributed by atoms with E-state index in [0.29, 0.717) is 36.5 Å². The molecule has 0 saturated carbocycles. The molecule has 2 aromatic rings. The second-order valence-corrected chi connectivity index (χ2v) is 6.53. The Hall–Kier alpha value is -2.53. The van der Waals surface area contributed by atoms with Crippen LogP contribution in [0.1, 0.15) is 6.42 Å². The molecule has 1 fully saturated rings. The van der Waals surface area contributed by atoms with Gasteiger partial charge in [-0.2, -0.15) is 0 Å². The number of carbonyl (C=O) groups excluding carboxylic acids is 2. The number of halogens is 1. The highest BCUT2D eigenvalue weighted by molar-refractivity contribution is 9.10. The number of carbonyl (C=O) groups is 2. The van der Waals surface area contributed by atoms with Gasteiger partial charge in [0.1, 0.15) is 18.2 Å². The van der Waals surface area contributed by atoms with E-state index >= 15 is 0 Å². The second kappa shape index (κ2) is 7.79. The van der Waals surface area contributed by atoms with E-state index in [9.17, 15) is 9.59 Å². The van der Waals surface area contributed by atoms with Gasteiger partial charge in [0.15, 0.2) is 17.3 Å². The van der Waals surface area contributed by atoms with Gasteiger partial charge in [0.2, 0.25) is 0 Å². The second-order valence-electron chi connectivity index (χ2n) is 5.61. The summed E-state index contributed by atoms with van der Waals surface area (Å²) in [5.74, 6) is 0.0365. The molecule has 11 heteroatoms. The Morgan fingerprint density at radius 3 is 3.00 bits per heavy atom. The molecular weight excluding hydrogens is 408 g/mol. The number of aliphatic hydroxyl groups excluding tert-OH is 1. The van der Waals surface area contributed by atoms with E-state index in [0.717, 1.165) is 4.47 Å². The SMILES string of the molecule is CNC(=O)O[C@H]1CCN(c2nc3ncc(Br)cc3nc2NC(=O)CO)C1. The Bertz CT molecular complexity index is 848. The van der Waals surface area contributed by atoms with E-state index in [2.05, 4.69) is 41.5 Å². The van der Waals surface area contributed by atoms with E-state index in [1.807, 2.05) is 4.90 Å². The van der Waals surface area contributed by atoms with Crippen LogP contribution >= 0.6 is 15.9 Å². The molecular formula is C15H17BrN6O4. The van der Waals surface area contributed by atoms with Crippen LogP contribution in [0.25, 0.3) is 11.2 Å². The first-order chi connectivity index (χ1) is 12.5. The molecule has 0 radical (unpaired) electrons. The van der Waals surface area contributed by atoms with Gasteiger partial charge in [-0.15, -0.1) is 0 Å². The molecule has 0 unspecified atom stereocenters. The number of nitrogens with zero attached hydrogens (tertiary/aromatic N) is 4. The predicted octanol–water partition coefficient (Wildman–Crippen LogP) is 0.653. The van der Waals surface area contributed by atoms with Crippen LogP contribution in [0.3, 0.4) is 0 Å². The van der Waals surface area contributed by atoms with Crippen LogP contribution in [0.15, 0.2) is 16.7 Å². The van der Waals surface area contributed by atoms with Crippen molar-refractivity contribution in [2.45, 2.75) is 12.5 Å². The average molecular weight is 425 g/mol. The highest BCUT2D eigenvalue weighted by Gasteiger charge is 2.29. The molecule has 3 N–H and O–H groups in total. The van der Waals surface area contributed by atoms with Gasteiger partial charge in [-0.3, -0.25) is 4.79 Å². The molecule has 3 rings (SSSR count). The fourth-order valence-corrected chi connectivity index (χ4v) is 2.94. The van der Waals surface area contributed by atoms with Crippen LogP contribution < -0.4 is 15.5 Å². The number of anilines is 2. The lowest BCUT2D eigenvalue weighted by Gasteiger charge is -2.20. The zero-order chi connectivity index (χ0) is 18.7. The number of nitrogens with one attached hydrogen (secondary N) is 2. The topological polar surface area (TPSA) is 130 Å². The number of aliphatic hydroxyl groups is 1. The Morgan fingerprint density at radius 1 is 1.46 bits per heavy atom. The van der Waals surface area contributed by atoms with Gasteiger partial charge in [0, 0.05) is 30.7 Å². The first-order valence-electron chi connectivity index (χ1n) is 7.87. The van der Waals surface area contributed by atoms with Gasteiger partial charge in [-0.05, 0) is 22.0 Å². The predicted molar refractivity (Wildman–Crippen MR) is 96.9 cm³/mol. The molecule has 138 valence electrons. The van der Waals surface area contributed by atoms with Gasteiger partial charge >= 0.3 is 6.09 Å². The van der Waals surface area contributed by atoms with Gasteiger partial charge < -0.3 is 25.4 Å². The summed E-state index contributed by atoms with van der Waals surface area (Å²) >= 11 is 3.32. The van der Waals surface area contributed by atoms with Crippen molar-refractivity contribution in [3.05, 3.63) is 16.7 Å². The summed E-state index contributed by atoms with van der Waals surface area (Å²) in [4.78, 5) is 38.0. The van der Waals surface area contributed by atoms with Crippen molar-refractivity contribution >= 4 is 50.7 Å². The lowest BCUT2D eigenvalue weighted by Crippen LogP contribution is -2.30. The minimum absolute atomic E-state index is 0.219. The highest BCUT2D eigenvalue weighted by Crippen LogP contribution is 2.29. The minimum atomic E-state index is -0.668. The largest absolute Gasteiger partial charge is 0.444 e. The first-order valence-corrected chi connectivity index (χ1v) is 8.66. The molecule has 1 saturated heterocycles. The molecule has 10 nitrogen and oxygen atoms in total. The monoisotopic (exact) mass is 424 g/mol. The number of pyridine rings is 1. The summed E-state index contributed by atoms with van der Waals surface area (Å²) in [6.07, 6.45) is 1.43. The van der Waals surface area contributed by atoms with Crippen molar-refractivity contribution in [3.8, 4) is 0 Å². The van der Waals surface area contributed by atoms with E-state index in [-0.39, 0.29) is 11.9 Å². The van der Waals surface area contributed by atoms with Crippen LogP contribution in [0.5, 0.6) is 0 Å².